The zero-order chi connectivity index (χ0) is 13.8. The topological polar surface area (TPSA) is 34.1 Å². The zero-order valence-electron chi connectivity index (χ0n) is 11.8. The Morgan fingerprint density at radius 2 is 2.40 bits per heavy atom. The van der Waals surface area contributed by atoms with Crippen LogP contribution in [0.4, 0.5) is 0 Å². The Kier molecular flexibility index (Phi) is 4.33. The maximum atomic E-state index is 5.36. The molecule has 0 amide bonds. The van der Waals surface area contributed by atoms with Crippen molar-refractivity contribution >= 4 is 11.3 Å². The lowest BCUT2D eigenvalue weighted by molar-refractivity contribution is 0.409. The Bertz CT molecular complexity index is 554. The molecule has 1 N–H and O–H groups in total. The standard InChI is InChI=1S/C16H20N2OS/c1-19-14-6-5-12-3-2-4-16(15(12)9-14)17-8-7-13-10-20-11-18-13/h5-6,9-11,16-17H,2-4,7-8H2,1H3. The van der Waals surface area contributed by atoms with Crippen LogP contribution < -0.4 is 10.1 Å². The third-order valence-electron chi connectivity index (χ3n) is 3.92. The summed E-state index contributed by atoms with van der Waals surface area (Å²) in [7, 11) is 1.73. The Morgan fingerprint density at radius 1 is 1.45 bits per heavy atom. The van der Waals surface area contributed by atoms with Crippen molar-refractivity contribution in [1.29, 1.82) is 0 Å². The number of aromatic nitrogens is 1. The van der Waals surface area contributed by atoms with Gasteiger partial charge in [0, 0.05) is 24.4 Å². The molecule has 1 aliphatic rings. The molecular weight excluding hydrogens is 268 g/mol. The average Bonchev–Trinajstić information content (AvgIpc) is 3.00. The lowest BCUT2D eigenvalue weighted by Crippen LogP contribution is -2.27. The van der Waals surface area contributed by atoms with E-state index in [1.54, 1.807) is 18.4 Å². The maximum absolute atomic E-state index is 5.36. The summed E-state index contributed by atoms with van der Waals surface area (Å²) < 4.78 is 5.36. The molecule has 3 rings (SSSR count). The van der Waals surface area contributed by atoms with Gasteiger partial charge in [-0.2, -0.15) is 0 Å². The fraction of sp³-hybridized carbons (Fsp3) is 0.438. The second-order valence-corrected chi connectivity index (χ2v) is 5.91. The highest BCUT2D eigenvalue weighted by Gasteiger charge is 2.20. The van der Waals surface area contributed by atoms with E-state index in [2.05, 4.69) is 33.9 Å². The highest BCUT2D eigenvalue weighted by molar-refractivity contribution is 7.07. The molecule has 1 aromatic heterocycles. The largest absolute Gasteiger partial charge is 0.497 e. The molecule has 106 valence electrons. The predicted molar refractivity (Wildman–Crippen MR) is 82.5 cm³/mol. The zero-order valence-corrected chi connectivity index (χ0v) is 12.6. The number of ether oxygens (including phenoxy) is 1. The second-order valence-electron chi connectivity index (χ2n) is 5.19. The van der Waals surface area contributed by atoms with Gasteiger partial charge in [-0.15, -0.1) is 11.3 Å². The minimum atomic E-state index is 0.451. The van der Waals surface area contributed by atoms with Gasteiger partial charge in [-0.25, -0.2) is 4.98 Å². The number of hydrogen-bond acceptors (Lipinski definition) is 4. The van der Waals surface area contributed by atoms with Gasteiger partial charge < -0.3 is 10.1 Å². The number of nitrogens with one attached hydrogen (secondary N) is 1. The monoisotopic (exact) mass is 288 g/mol. The van der Waals surface area contributed by atoms with Crippen LogP contribution in [-0.2, 0) is 12.8 Å². The first-order valence-electron chi connectivity index (χ1n) is 7.14. The number of rotatable bonds is 5. The van der Waals surface area contributed by atoms with Crippen LogP contribution >= 0.6 is 11.3 Å². The van der Waals surface area contributed by atoms with E-state index in [1.165, 1.54) is 36.1 Å². The molecule has 1 unspecified atom stereocenters. The molecule has 0 fully saturated rings. The number of thiazole rings is 1. The quantitative estimate of drug-likeness (QED) is 0.916. The highest BCUT2D eigenvalue weighted by Crippen LogP contribution is 2.32. The van der Waals surface area contributed by atoms with Crippen molar-refractivity contribution in [2.24, 2.45) is 0 Å². The van der Waals surface area contributed by atoms with Crippen LogP contribution in [0.25, 0.3) is 0 Å². The number of methoxy groups -OCH3 is 1. The van der Waals surface area contributed by atoms with Gasteiger partial charge >= 0.3 is 0 Å². The van der Waals surface area contributed by atoms with Crippen LogP contribution in [0.15, 0.2) is 29.1 Å². The van der Waals surface area contributed by atoms with Crippen molar-refractivity contribution in [3.63, 3.8) is 0 Å². The summed E-state index contributed by atoms with van der Waals surface area (Å²) in [4.78, 5) is 4.33. The molecule has 1 heterocycles. The van der Waals surface area contributed by atoms with Gasteiger partial charge in [0.05, 0.1) is 18.3 Å². The van der Waals surface area contributed by atoms with E-state index in [4.69, 9.17) is 4.74 Å². The molecule has 1 aliphatic carbocycles. The van der Waals surface area contributed by atoms with Crippen LogP contribution in [-0.4, -0.2) is 18.6 Å². The molecule has 1 aromatic carbocycles. The number of nitrogens with zero attached hydrogens (tertiary/aromatic N) is 1. The molecule has 0 spiro atoms. The van der Waals surface area contributed by atoms with Crippen LogP contribution in [0.2, 0.25) is 0 Å². The van der Waals surface area contributed by atoms with Gasteiger partial charge in [-0.1, -0.05) is 6.07 Å². The van der Waals surface area contributed by atoms with E-state index in [9.17, 15) is 0 Å². The Balaban J connectivity index is 1.66. The minimum absolute atomic E-state index is 0.451. The number of fused-ring (bicyclic) bond motifs is 1. The number of aryl methyl sites for hydroxylation is 1. The fourth-order valence-corrected chi connectivity index (χ4v) is 3.44. The van der Waals surface area contributed by atoms with E-state index in [0.717, 1.165) is 18.7 Å². The average molecular weight is 288 g/mol. The molecule has 0 bridgehead atoms. The second kappa shape index (κ2) is 6.37. The first-order valence-corrected chi connectivity index (χ1v) is 8.08. The van der Waals surface area contributed by atoms with E-state index >= 15 is 0 Å². The van der Waals surface area contributed by atoms with Crippen molar-refractivity contribution in [1.82, 2.24) is 10.3 Å². The van der Waals surface area contributed by atoms with E-state index < -0.39 is 0 Å². The van der Waals surface area contributed by atoms with Crippen LogP contribution in [0.1, 0.15) is 35.7 Å². The molecule has 0 aliphatic heterocycles. The summed E-state index contributed by atoms with van der Waals surface area (Å²) in [5.74, 6) is 0.956. The molecule has 0 saturated heterocycles. The van der Waals surface area contributed by atoms with Gasteiger partial charge in [0.15, 0.2) is 0 Å². The maximum Gasteiger partial charge on any atom is 0.119 e. The summed E-state index contributed by atoms with van der Waals surface area (Å²) in [6.45, 7) is 0.977. The highest BCUT2D eigenvalue weighted by atomic mass is 32.1. The lowest BCUT2D eigenvalue weighted by Gasteiger charge is -2.27. The fourth-order valence-electron chi connectivity index (χ4n) is 2.85. The van der Waals surface area contributed by atoms with Crippen molar-refractivity contribution in [3.05, 3.63) is 45.9 Å². The molecule has 20 heavy (non-hydrogen) atoms. The summed E-state index contributed by atoms with van der Waals surface area (Å²) >= 11 is 1.66. The van der Waals surface area contributed by atoms with E-state index in [-0.39, 0.29) is 0 Å². The first-order chi connectivity index (χ1) is 9.86. The number of benzene rings is 1. The number of hydrogen-bond donors (Lipinski definition) is 1. The van der Waals surface area contributed by atoms with Gasteiger partial charge in [0.2, 0.25) is 0 Å². The van der Waals surface area contributed by atoms with Gasteiger partial charge in [0.1, 0.15) is 5.75 Å². The van der Waals surface area contributed by atoms with Crippen molar-refractivity contribution in [3.8, 4) is 5.75 Å². The van der Waals surface area contributed by atoms with Crippen molar-refractivity contribution in [2.45, 2.75) is 31.7 Å². The van der Waals surface area contributed by atoms with Gasteiger partial charge in [-0.05, 0) is 42.5 Å². The normalized spacial score (nSPS) is 17.8. The van der Waals surface area contributed by atoms with Gasteiger partial charge in [0.25, 0.3) is 0 Å². The van der Waals surface area contributed by atoms with E-state index in [0.29, 0.717) is 6.04 Å². The minimum Gasteiger partial charge on any atom is -0.497 e. The Morgan fingerprint density at radius 3 is 3.20 bits per heavy atom. The summed E-state index contributed by atoms with van der Waals surface area (Å²) in [5.41, 5.74) is 5.96. The summed E-state index contributed by atoms with van der Waals surface area (Å²) in [5, 5.41) is 5.80. The molecule has 0 saturated carbocycles. The molecule has 0 radical (unpaired) electrons. The predicted octanol–water partition coefficient (Wildman–Crippen LogP) is 3.36. The first kappa shape index (κ1) is 13.6. The van der Waals surface area contributed by atoms with Crippen molar-refractivity contribution in [2.75, 3.05) is 13.7 Å². The van der Waals surface area contributed by atoms with Gasteiger partial charge in [-0.3, -0.25) is 0 Å². The summed E-state index contributed by atoms with van der Waals surface area (Å²) in [6.07, 6.45) is 4.65. The Labute approximate surface area is 124 Å². The van der Waals surface area contributed by atoms with Crippen LogP contribution in [0.3, 0.4) is 0 Å². The van der Waals surface area contributed by atoms with Crippen LogP contribution in [0.5, 0.6) is 5.75 Å². The lowest BCUT2D eigenvalue weighted by atomic mass is 9.87. The van der Waals surface area contributed by atoms with E-state index in [1.807, 2.05) is 5.51 Å². The molecule has 2 aromatic rings. The SMILES string of the molecule is COc1ccc2c(c1)C(NCCc1cscn1)CCC2. The molecule has 3 nitrogen and oxygen atoms in total. The summed E-state index contributed by atoms with van der Waals surface area (Å²) in [6, 6.07) is 6.92. The van der Waals surface area contributed by atoms with Crippen LogP contribution in [0, 0.1) is 0 Å². The molecule has 1 atom stereocenters. The smallest absolute Gasteiger partial charge is 0.119 e. The third-order valence-corrected chi connectivity index (χ3v) is 4.56. The molecule has 4 heteroatoms. The Hall–Kier alpha value is -1.39. The molecular formula is C16H20N2OS. The van der Waals surface area contributed by atoms with Crippen molar-refractivity contribution < 1.29 is 4.74 Å². The third kappa shape index (κ3) is 3.02.